The second-order valence-electron chi connectivity index (χ2n) is 8.38. The van der Waals surface area contributed by atoms with Gasteiger partial charge in [0.1, 0.15) is 17.7 Å². The summed E-state index contributed by atoms with van der Waals surface area (Å²) in [4.78, 5) is 30.5. The molecule has 1 atom stereocenters. The molecule has 166 valence electrons. The number of halogens is 1. The lowest BCUT2D eigenvalue weighted by atomic mass is 9.90. The minimum atomic E-state index is -0.446. The van der Waals surface area contributed by atoms with Crippen LogP contribution in [-0.4, -0.2) is 32.8 Å². The summed E-state index contributed by atoms with van der Waals surface area (Å²) in [7, 11) is 1.60. The van der Waals surface area contributed by atoms with Crippen molar-refractivity contribution in [1.29, 1.82) is 0 Å². The molecule has 2 aromatic rings. The van der Waals surface area contributed by atoms with E-state index in [1.165, 1.54) is 21.3 Å². The summed E-state index contributed by atoms with van der Waals surface area (Å²) in [6.45, 7) is 0.0600. The average Bonchev–Trinajstić information content (AvgIpc) is 3.28. The van der Waals surface area contributed by atoms with Gasteiger partial charge in [-0.2, -0.15) is 4.99 Å². The Balaban J connectivity index is 1.74. The van der Waals surface area contributed by atoms with E-state index in [0.717, 1.165) is 31.2 Å². The van der Waals surface area contributed by atoms with E-state index >= 15 is 0 Å². The molecule has 7 nitrogen and oxygen atoms in total. The fourth-order valence-electron chi connectivity index (χ4n) is 4.46. The number of hydrogen-bond acceptors (Lipinski definition) is 5. The zero-order valence-electron chi connectivity index (χ0n) is 17.7. The van der Waals surface area contributed by atoms with Gasteiger partial charge in [-0.3, -0.25) is 13.9 Å². The summed E-state index contributed by atoms with van der Waals surface area (Å²) in [5, 5.41) is 9.12. The zero-order valence-corrected chi connectivity index (χ0v) is 17.7. The Bertz CT molecular complexity index is 1080. The summed E-state index contributed by atoms with van der Waals surface area (Å²) in [6, 6.07) is 6.31. The highest BCUT2D eigenvalue weighted by atomic mass is 19.1. The van der Waals surface area contributed by atoms with Gasteiger partial charge < -0.3 is 9.84 Å². The van der Waals surface area contributed by atoms with Crippen molar-refractivity contribution in [2.45, 2.75) is 57.6 Å². The van der Waals surface area contributed by atoms with Gasteiger partial charge in [-0.15, -0.1) is 0 Å². The van der Waals surface area contributed by atoms with Crippen molar-refractivity contribution in [3.8, 4) is 0 Å². The van der Waals surface area contributed by atoms with Crippen LogP contribution >= 0.6 is 0 Å². The van der Waals surface area contributed by atoms with E-state index in [9.17, 15) is 14.0 Å². The van der Waals surface area contributed by atoms with Gasteiger partial charge in [-0.05, 0) is 62.6 Å². The van der Waals surface area contributed by atoms with Crippen molar-refractivity contribution in [2.24, 2.45) is 18.0 Å². The van der Waals surface area contributed by atoms with Crippen LogP contribution in [0.3, 0.4) is 0 Å². The topological polar surface area (TPSA) is 85.8 Å². The molecule has 0 amide bonds. The van der Waals surface area contributed by atoms with Crippen LogP contribution in [0.25, 0.3) is 0 Å². The van der Waals surface area contributed by atoms with Crippen molar-refractivity contribution in [3.63, 3.8) is 0 Å². The van der Waals surface area contributed by atoms with Crippen molar-refractivity contribution < 1.29 is 14.2 Å². The molecule has 1 aliphatic carbocycles. The Hall–Kier alpha value is -2.74. The number of aliphatic imine (C=N–C) groups is 1. The van der Waals surface area contributed by atoms with Gasteiger partial charge in [0.2, 0.25) is 0 Å². The summed E-state index contributed by atoms with van der Waals surface area (Å²) < 4.78 is 22.2. The number of fused-ring (bicyclic) bond motifs is 1. The van der Waals surface area contributed by atoms with Crippen LogP contribution in [0.1, 0.15) is 43.2 Å². The van der Waals surface area contributed by atoms with E-state index in [-0.39, 0.29) is 36.5 Å². The molecular weight excluding hydrogens is 401 g/mol. The van der Waals surface area contributed by atoms with Crippen LogP contribution in [0.2, 0.25) is 0 Å². The van der Waals surface area contributed by atoms with E-state index in [2.05, 4.69) is 4.99 Å². The molecule has 8 heteroatoms. The predicted octanol–water partition coefficient (Wildman–Crippen LogP) is 2.47. The maximum atomic E-state index is 13.3. The summed E-state index contributed by atoms with van der Waals surface area (Å²) in [5.74, 6) is 0.426. The lowest BCUT2D eigenvalue weighted by Crippen LogP contribution is -2.43. The van der Waals surface area contributed by atoms with Crippen LogP contribution in [0.15, 0.2) is 38.8 Å². The van der Waals surface area contributed by atoms with E-state index in [4.69, 9.17) is 9.84 Å². The molecule has 1 aliphatic heterocycles. The lowest BCUT2D eigenvalue weighted by Gasteiger charge is -2.28. The van der Waals surface area contributed by atoms with Crippen LogP contribution in [0.4, 0.5) is 10.2 Å². The molecule has 1 aromatic carbocycles. The summed E-state index contributed by atoms with van der Waals surface area (Å²) in [5.41, 5.74) is 0.603. The number of aliphatic hydroxyl groups excluding tert-OH is 1. The molecule has 1 aromatic heterocycles. The fraction of sp³-hybridized carbons (Fsp3) is 0.522. The van der Waals surface area contributed by atoms with E-state index in [0.29, 0.717) is 36.5 Å². The number of hydrogen-bond donors (Lipinski definition) is 1. The molecule has 31 heavy (non-hydrogen) atoms. The molecule has 1 N–H and O–H groups in total. The maximum absolute atomic E-state index is 13.3. The van der Waals surface area contributed by atoms with E-state index in [1.807, 2.05) is 0 Å². The Morgan fingerprint density at radius 1 is 1.19 bits per heavy atom. The monoisotopic (exact) mass is 429 g/mol. The van der Waals surface area contributed by atoms with E-state index in [1.54, 1.807) is 19.2 Å². The molecular formula is C23H28FN3O4. The molecule has 2 aliphatic rings. The quantitative estimate of drug-likeness (QED) is 0.765. The third-order valence-corrected chi connectivity index (χ3v) is 6.15. The van der Waals surface area contributed by atoms with Crippen molar-refractivity contribution in [2.75, 3.05) is 6.61 Å². The summed E-state index contributed by atoms with van der Waals surface area (Å²) >= 11 is 0. The van der Waals surface area contributed by atoms with Crippen molar-refractivity contribution in [1.82, 2.24) is 9.13 Å². The van der Waals surface area contributed by atoms with Gasteiger partial charge in [0.15, 0.2) is 5.90 Å². The van der Waals surface area contributed by atoms with Gasteiger partial charge in [-0.1, -0.05) is 12.1 Å². The number of aliphatic hydroxyl groups is 1. The average molecular weight is 429 g/mol. The van der Waals surface area contributed by atoms with Gasteiger partial charge >= 0.3 is 5.69 Å². The first-order chi connectivity index (χ1) is 15.0. The van der Waals surface area contributed by atoms with Crippen LogP contribution in [-0.2, 0) is 31.2 Å². The molecule has 1 fully saturated rings. The highest BCUT2D eigenvalue weighted by Gasteiger charge is 2.32. The highest BCUT2D eigenvalue weighted by Crippen LogP contribution is 2.31. The van der Waals surface area contributed by atoms with Gasteiger partial charge in [0.25, 0.3) is 5.56 Å². The lowest BCUT2D eigenvalue weighted by molar-refractivity contribution is 0.179. The van der Waals surface area contributed by atoms with Crippen molar-refractivity contribution in [3.05, 3.63) is 62.0 Å². The predicted molar refractivity (Wildman–Crippen MR) is 115 cm³/mol. The smallest absolute Gasteiger partial charge is 0.332 e. The minimum absolute atomic E-state index is 0.0953. The highest BCUT2D eigenvalue weighted by molar-refractivity contribution is 5.84. The van der Waals surface area contributed by atoms with Crippen LogP contribution < -0.4 is 11.2 Å². The first kappa shape index (κ1) is 21.5. The standard InChI is InChI=1S/C23H28FN3O4/c1-26-20-19(22(29)27(23(26)30)11-4-12-28)14-16(13-15-7-9-17(24)10-8-15)21(25-20)31-18-5-2-3-6-18/h7-10,16,18,28H,2-6,11-14H2,1H3. The molecule has 1 unspecified atom stereocenters. The Kier molecular flexibility index (Phi) is 6.36. The van der Waals surface area contributed by atoms with Crippen LogP contribution in [0, 0.1) is 11.7 Å². The van der Waals surface area contributed by atoms with Gasteiger partial charge in [0.05, 0.1) is 5.56 Å². The third kappa shape index (κ3) is 4.49. The number of nitrogens with zero attached hydrogens (tertiary/aromatic N) is 3. The first-order valence-corrected chi connectivity index (χ1v) is 10.9. The second kappa shape index (κ2) is 9.18. The third-order valence-electron chi connectivity index (χ3n) is 6.15. The number of aromatic nitrogens is 2. The SMILES string of the molecule is Cn1c2c(c(=O)n(CCCO)c1=O)CC(Cc1ccc(F)cc1)C(OC1CCCC1)=N2. The normalized spacial score (nSPS) is 18.7. The maximum Gasteiger partial charge on any atom is 0.332 e. The Morgan fingerprint density at radius 2 is 1.90 bits per heavy atom. The molecule has 0 radical (unpaired) electrons. The second-order valence-corrected chi connectivity index (χ2v) is 8.38. The summed E-state index contributed by atoms with van der Waals surface area (Å²) in [6.07, 6.45) is 5.54. The Morgan fingerprint density at radius 3 is 2.58 bits per heavy atom. The molecule has 0 bridgehead atoms. The first-order valence-electron chi connectivity index (χ1n) is 10.9. The molecule has 2 heterocycles. The largest absolute Gasteiger partial charge is 0.477 e. The zero-order chi connectivity index (χ0) is 22.0. The molecule has 0 saturated heterocycles. The number of benzene rings is 1. The molecule has 0 spiro atoms. The fourth-order valence-corrected chi connectivity index (χ4v) is 4.46. The van der Waals surface area contributed by atoms with Crippen LogP contribution in [0.5, 0.6) is 0 Å². The molecule has 4 rings (SSSR count). The minimum Gasteiger partial charge on any atom is -0.477 e. The van der Waals surface area contributed by atoms with Crippen molar-refractivity contribution >= 4 is 11.7 Å². The molecule has 1 saturated carbocycles. The van der Waals surface area contributed by atoms with E-state index < -0.39 is 5.69 Å². The van der Waals surface area contributed by atoms with Gasteiger partial charge in [0, 0.05) is 26.1 Å². The van der Waals surface area contributed by atoms with Gasteiger partial charge in [-0.25, -0.2) is 9.18 Å². The Labute approximate surface area is 179 Å². The number of rotatable bonds is 6. The number of ether oxygens (including phenoxy) is 1.